The maximum Gasteiger partial charge on any atom is 0.516 e. The smallest absolute Gasteiger partial charge is 0.398 e. The third kappa shape index (κ3) is 2.12. The summed E-state index contributed by atoms with van der Waals surface area (Å²) in [6.45, 7) is 7.43. The van der Waals surface area contributed by atoms with Crippen LogP contribution < -0.4 is 5.59 Å². The lowest BCUT2D eigenvalue weighted by Gasteiger charge is -2.32. The van der Waals surface area contributed by atoms with E-state index < -0.39 is 37.0 Å². The summed E-state index contributed by atoms with van der Waals surface area (Å²) in [5.74, 6) is -0.165. The van der Waals surface area contributed by atoms with Gasteiger partial charge in [-0.25, -0.2) is 9.97 Å². The molecule has 0 amide bonds. The summed E-state index contributed by atoms with van der Waals surface area (Å²) in [5, 5.41) is 0. The number of aromatic nitrogens is 4. The molecule has 1 aliphatic heterocycles. The van der Waals surface area contributed by atoms with Gasteiger partial charge in [0.05, 0.1) is 28.5 Å². The first kappa shape index (κ1) is 8.54. The SMILES string of the molecule is [2H]c1nc([2H])c(-n2c([2H])nc([2H])c2[2H])nc1B1OC(C)(C)C(C)(C)O1. The van der Waals surface area contributed by atoms with E-state index in [4.69, 9.17) is 16.2 Å². The molecule has 0 spiro atoms. The quantitative estimate of drug-likeness (QED) is 0.765. The van der Waals surface area contributed by atoms with E-state index in [1.165, 1.54) is 0 Å². The van der Waals surface area contributed by atoms with Crippen molar-refractivity contribution in [1.29, 1.82) is 0 Å². The minimum absolute atomic E-state index is 0.0451. The van der Waals surface area contributed by atoms with Gasteiger partial charge in [-0.05, 0) is 27.7 Å². The molecule has 0 bridgehead atoms. The molecule has 2 aromatic heterocycles. The summed E-state index contributed by atoms with van der Waals surface area (Å²) in [6, 6.07) is 0. The first-order chi connectivity index (χ1) is 11.4. The molecule has 2 aromatic rings. The molecule has 0 aromatic carbocycles. The van der Waals surface area contributed by atoms with E-state index in [-0.39, 0.29) is 23.8 Å². The van der Waals surface area contributed by atoms with Gasteiger partial charge in [0.2, 0.25) is 0 Å². The molecular weight excluding hydrogens is 255 g/mol. The van der Waals surface area contributed by atoms with Gasteiger partial charge in [-0.2, -0.15) is 0 Å². The highest BCUT2D eigenvalue weighted by molar-refractivity contribution is 6.61. The number of nitrogens with zero attached hydrogens (tertiary/aromatic N) is 4. The fourth-order valence-electron chi connectivity index (χ4n) is 1.73. The maximum atomic E-state index is 8.00. The summed E-state index contributed by atoms with van der Waals surface area (Å²) in [7, 11) is -0.966. The zero-order chi connectivity index (χ0) is 18.7. The second-order valence-corrected chi connectivity index (χ2v) is 5.52. The highest BCUT2D eigenvalue weighted by Gasteiger charge is 2.52. The maximum absolute atomic E-state index is 8.00. The van der Waals surface area contributed by atoms with Crippen LogP contribution in [0.1, 0.15) is 34.5 Å². The molecule has 0 saturated carbocycles. The third-order valence-electron chi connectivity index (χ3n) is 3.61. The van der Waals surface area contributed by atoms with E-state index in [2.05, 4.69) is 15.0 Å². The summed E-state index contributed by atoms with van der Waals surface area (Å²) >= 11 is 0. The molecule has 7 heteroatoms. The molecule has 104 valence electrons. The van der Waals surface area contributed by atoms with E-state index >= 15 is 0 Å². The number of hydrogen-bond acceptors (Lipinski definition) is 5. The fraction of sp³-hybridized carbons (Fsp3) is 0.462. The monoisotopic (exact) mass is 277 g/mol. The molecule has 3 rings (SSSR count). The van der Waals surface area contributed by atoms with E-state index in [9.17, 15) is 0 Å². The van der Waals surface area contributed by atoms with Crippen molar-refractivity contribution in [3.05, 3.63) is 31.0 Å². The molecule has 1 aliphatic rings. The molecule has 0 atom stereocenters. The molecule has 0 radical (unpaired) electrons. The van der Waals surface area contributed by atoms with E-state index in [1.54, 1.807) is 0 Å². The topological polar surface area (TPSA) is 62.1 Å². The average Bonchev–Trinajstić information content (AvgIpc) is 2.83. The largest absolute Gasteiger partial charge is 0.516 e. The van der Waals surface area contributed by atoms with Crippen molar-refractivity contribution in [3.63, 3.8) is 0 Å². The Kier molecular flexibility index (Phi) is 1.88. The first-order valence-corrected chi connectivity index (χ1v) is 6.18. The Hall–Kier alpha value is -1.73. The van der Waals surface area contributed by atoms with E-state index in [0.29, 0.717) is 0 Å². The molecule has 1 fully saturated rings. The molecule has 1 saturated heterocycles. The van der Waals surface area contributed by atoms with Crippen LogP contribution in [0.2, 0.25) is 0 Å². The lowest BCUT2D eigenvalue weighted by molar-refractivity contribution is 0.00578. The predicted octanol–water partition coefficient (Wildman–Crippen LogP) is 0.961. The average molecular weight is 277 g/mol. The fourth-order valence-corrected chi connectivity index (χ4v) is 1.73. The zero-order valence-electron chi connectivity index (χ0n) is 16.7. The lowest BCUT2D eigenvalue weighted by Crippen LogP contribution is -2.41. The Morgan fingerprint density at radius 1 is 1.15 bits per heavy atom. The van der Waals surface area contributed by atoms with Gasteiger partial charge in [-0.1, -0.05) is 0 Å². The summed E-state index contributed by atoms with van der Waals surface area (Å²) in [6.07, 6.45) is -1.87. The Labute approximate surface area is 125 Å². The van der Waals surface area contributed by atoms with Crippen LogP contribution in [0.25, 0.3) is 5.82 Å². The highest BCUT2D eigenvalue weighted by atomic mass is 16.7. The molecule has 6 nitrogen and oxygen atoms in total. The van der Waals surface area contributed by atoms with Crippen LogP contribution >= 0.6 is 0 Å². The van der Waals surface area contributed by atoms with Gasteiger partial charge < -0.3 is 9.31 Å². The standard InChI is InChI=1S/C13H17BN4O2/c1-12(2)13(3,4)20-14(19-12)10-7-16-8-11(17-10)18-6-5-15-9-18/h5-9H,1-4H3/i5D,6D,7D,8D,9D. The third-order valence-corrected chi connectivity index (χ3v) is 3.61. The highest BCUT2D eigenvalue weighted by Crippen LogP contribution is 2.36. The van der Waals surface area contributed by atoms with E-state index in [0.717, 1.165) is 4.57 Å². The van der Waals surface area contributed by atoms with Crippen molar-refractivity contribution in [2.24, 2.45) is 0 Å². The molecular formula is C13H17BN4O2. The molecule has 20 heavy (non-hydrogen) atoms. The summed E-state index contributed by atoms with van der Waals surface area (Å²) in [5.41, 5.74) is -1.24. The van der Waals surface area contributed by atoms with Crippen molar-refractivity contribution >= 4 is 12.7 Å². The van der Waals surface area contributed by atoms with Crippen molar-refractivity contribution in [3.8, 4) is 5.82 Å². The van der Waals surface area contributed by atoms with Crippen LogP contribution in [0.3, 0.4) is 0 Å². The molecule has 3 heterocycles. The number of hydrogen-bond donors (Lipinski definition) is 0. The van der Waals surface area contributed by atoms with Gasteiger partial charge in [0.25, 0.3) is 0 Å². The first-order valence-electron chi connectivity index (χ1n) is 8.68. The lowest BCUT2D eigenvalue weighted by atomic mass is 9.85. The Morgan fingerprint density at radius 2 is 1.85 bits per heavy atom. The molecule has 0 N–H and O–H groups in total. The Morgan fingerprint density at radius 3 is 2.45 bits per heavy atom. The Bertz CT molecular complexity index is 841. The van der Waals surface area contributed by atoms with Crippen molar-refractivity contribution < 1.29 is 16.2 Å². The minimum Gasteiger partial charge on any atom is -0.398 e. The molecule has 0 aliphatic carbocycles. The van der Waals surface area contributed by atoms with Crippen LogP contribution in [0.5, 0.6) is 0 Å². The van der Waals surface area contributed by atoms with Crippen molar-refractivity contribution in [2.45, 2.75) is 38.9 Å². The second-order valence-electron chi connectivity index (χ2n) is 5.52. The minimum atomic E-state index is -0.966. The van der Waals surface area contributed by atoms with Gasteiger partial charge in [-0.15, -0.1) is 0 Å². The number of rotatable bonds is 2. The summed E-state index contributed by atoms with van der Waals surface area (Å²) < 4.78 is 51.7. The van der Waals surface area contributed by atoms with Crippen molar-refractivity contribution in [2.75, 3.05) is 0 Å². The van der Waals surface area contributed by atoms with Gasteiger partial charge in [0.1, 0.15) is 7.67 Å². The van der Waals surface area contributed by atoms with Crippen LogP contribution in [0, 0.1) is 0 Å². The zero-order valence-corrected chi connectivity index (χ0v) is 11.7. The van der Waals surface area contributed by atoms with Gasteiger partial charge in [0, 0.05) is 18.5 Å². The van der Waals surface area contributed by atoms with E-state index in [1.807, 2.05) is 27.7 Å². The number of imidazole rings is 1. The van der Waals surface area contributed by atoms with Gasteiger partial charge in [-0.3, -0.25) is 9.55 Å². The van der Waals surface area contributed by atoms with Crippen LogP contribution in [-0.2, 0) is 9.31 Å². The van der Waals surface area contributed by atoms with Crippen LogP contribution in [-0.4, -0.2) is 37.8 Å². The van der Waals surface area contributed by atoms with Crippen molar-refractivity contribution in [1.82, 2.24) is 19.5 Å². The second kappa shape index (κ2) is 4.39. The van der Waals surface area contributed by atoms with Gasteiger partial charge in [0.15, 0.2) is 5.82 Å². The normalized spacial score (nSPS) is 23.8. The predicted molar refractivity (Wildman–Crippen MR) is 74.9 cm³/mol. The van der Waals surface area contributed by atoms with Crippen LogP contribution in [0.4, 0.5) is 0 Å². The molecule has 0 unspecified atom stereocenters. The van der Waals surface area contributed by atoms with Gasteiger partial charge >= 0.3 is 7.12 Å². The summed E-state index contributed by atoms with van der Waals surface area (Å²) in [4.78, 5) is 11.6. The Balaban J connectivity index is 2.12. The van der Waals surface area contributed by atoms with Crippen LogP contribution in [0.15, 0.2) is 31.0 Å².